The van der Waals surface area contributed by atoms with Crippen LogP contribution in [0.3, 0.4) is 0 Å². The van der Waals surface area contributed by atoms with Gasteiger partial charge in [0, 0.05) is 6.54 Å². The molecule has 0 unspecified atom stereocenters. The van der Waals surface area contributed by atoms with E-state index in [1.165, 1.54) is 9.80 Å². The summed E-state index contributed by atoms with van der Waals surface area (Å²) in [5.74, 6) is -0.0887. The third kappa shape index (κ3) is 7.28. The SMILES string of the molecule is CC(C)(C)OC(=O)N1CC(=O)N(c2ccccc2Oc2ccccc2OCc2ccccc2)C[C@H]1CC(=O)O. The molecule has 0 saturated carbocycles. The third-order valence-electron chi connectivity index (χ3n) is 5.94. The van der Waals surface area contributed by atoms with Crippen LogP contribution in [0.4, 0.5) is 10.5 Å². The molecule has 0 aliphatic carbocycles. The van der Waals surface area contributed by atoms with Crippen LogP contribution in [0.2, 0.25) is 0 Å². The fourth-order valence-electron chi connectivity index (χ4n) is 4.19. The van der Waals surface area contributed by atoms with Gasteiger partial charge in [-0.15, -0.1) is 0 Å². The number of carbonyl (C=O) groups is 3. The van der Waals surface area contributed by atoms with Crippen molar-refractivity contribution < 1.29 is 33.7 Å². The van der Waals surface area contributed by atoms with E-state index in [0.717, 1.165) is 5.56 Å². The second-order valence-corrected chi connectivity index (χ2v) is 10.2. The number of hydrogen-bond donors (Lipinski definition) is 1. The molecule has 0 aromatic heterocycles. The van der Waals surface area contributed by atoms with Gasteiger partial charge in [0.15, 0.2) is 17.2 Å². The highest BCUT2D eigenvalue weighted by Gasteiger charge is 2.39. The van der Waals surface area contributed by atoms with E-state index in [2.05, 4.69) is 0 Å². The van der Waals surface area contributed by atoms with Gasteiger partial charge in [0.1, 0.15) is 18.8 Å². The lowest BCUT2D eigenvalue weighted by atomic mass is 10.1. The highest BCUT2D eigenvalue weighted by atomic mass is 16.6. The highest BCUT2D eigenvalue weighted by Crippen LogP contribution is 2.38. The first kappa shape index (κ1) is 27.5. The molecule has 204 valence electrons. The van der Waals surface area contributed by atoms with E-state index < -0.39 is 23.7 Å². The summed E-state index contributed by atoms with van der Waals surface area (Å²) >= 11 is 0. The zero-order valence-corrected chi connectivity index (χ0v) is 22.2. The van der Waals surface area contributed by atoms with Gasteiger partial charge in [-0.05, 0) is 50.6 Å². The molecule has 9 nitrogen and oxygen atoms in total. The zero-order valence-electron chi connectivity index (χ0n) is 22.2. The van der Waals surface area contributed by atoms with Crippen molar-refractivity contribution in [2.75, 3.05) is 18.0 Å². The minimum atomic E-state index is -1.09. The number of anilines is 1. The van der Waals surface area contributed by atoms with Crippen LogP contribution in [0.5, 0.6) is 17.2 Å². The molecule has 39 heavy (non-hydrogen) atoms. The number of ether oxygens (including phenoxy) is 3. The number of carbonyl (C=O) groups excluding carboxylic acids is 2. The summed E-state index contributed by atoms with van der Waals surface area (Å²) in [6.07, 6.45) is -1.07. The maximum absolute atomic E-state index is 13.3. The van der Waals surface area contributed by atoms with Crippen LogP contribution in [0.25, 0.3) is 0 Å². The zero-order chi connectivity index (χ0) is 28.0. The molecule has 3 aromatic carbocycles. The van der Waals surface area contributed by atoms with Gasteiger partial charge >= 0.3 is 12.1 Å². The monoisotopic (exact) mass is 532 g/mol. The van der Waals surface area contributed by atoms with Crippen LogP contribution in [0.1, 0.15) is 32.8 Å². The van der Waals surface area contributed by atoms with E-state index in [9.17, 15) is 19.5 Å². The number of amides is 2. The van der Waals surface area contributed by atoms with E-state index in [4.69, 9.17) is 14.2 Å². The van der Waals surface area contributed by atoms with Crippen molar-refractivity contribution >= 4 is 23.7 Å². The number of hydrogen-bond acceptors (Lipinski definition) is 6. The summed E-state index contributed by atoms with van der Waals surface area (Å²) in [7, 11) is 0. The summed E-state index contributed by atoms with van der Waals surface area (Å²) in [4.78, 5) is 40.4. The summed E-state index contributed by atoms with van der Waals surface area (Å²) in [5.41, 5.74) is 0.673. The lowest BCUT2D eigenvalue weighted by Crippen LogP contribution is -2.59. The Bertz CT molecular complexity index is 1320. The Morgan fingerprint density at radius 1 is 0.897 bits per heavy atom. The van der Waals surface area contributed by atoms with E-state index in [0.29, 0.717) is 29.5 Å². The molecule has 1 fully saturated rings. The second-order valence-electron chi connectivity index (χ2n) is 10.2. The first-order valence-corrected chi connectivity index (χ1v) is 12.6. The number of benzene rings is 3. The molecule has 1 aliphatic rings. The van der Waals surface area contributed by atoms with Crippen LogP contribution >= 0.6 is 0 Å². The summed E-state index contributed by atoms with van der Waals surface area (Å²) in [5, 5.41) is 9.51. The van der Waals surface area contributed by atoms with Crippen molar-refractivity contribution in [3.8, 4) is 17.2 Å². The second kappa shape index (κ2) is 11.9. The highest BCUT2D eigenvalue weighted by molar-refractivity contribution is 5.99. The van der Waals surface area contributed by atoms with Crippen molar-refractivity contribution in [1.29, 1.82) is 0 Å². The summed E-state index contributed by atoms with van der Waals surface area (Å²) in [6, 6.07) is 23.2. The number of nitrogens with zero attached hydrogens (tertiary/aromatic N) is 2. The van der Waals surface area contributed by atoms with Crippen molar-refractivity contribution in [3.05, 3.63) is 84.4 Å². The van der Waals surface area contributed by atoms with Crippen molar-refractivity contribution in [3.63, 3.8) is 0 Å². The molecule has 1 saturated heterocycles. The number of carboxylic acids is 1. The predicted molar refractivity (Wildman–Crippen MR) is 145 cm³/mol. The van der Waals surface area contributed by atoms with Crippen molar-refractivity contribution in [2.24, 2.45) is 0 Å². The Morgan fingerprint density at radius 3 is 2.18 bits per heavy atom. The smallest absolute Gasteiger partial charge is 0.411 e. The molecular formula is C30H32N2O7. The van der Waals surface area contributed by atoms with Gasteiger partial charge in [-0.2, -0.15) is 0 Å². The fraction of sp³-hybridized carbons (Fsp3) is 0.300. The molecule has 1 N–H and O–H groups in total. The maximum atomic E-state index is 13.3. The van der Waals surface area contributed by atoms with E-state index in [1.807, 2.05) is 42.5 Å². The third-order valence-corrected chi connectivity index (χ3v) is 5.94. The molecule has 0 bridgehead atoms. The number of para-hydroxylation sites is 4. The number of aliphatic carboxylic acids is 1. The van der Waals surface area contributed by atoms with Gasteiger partial charge in [-0.1, -0.05) is 54.6 Å². The van der Waals surface area contributed by atoms with Crippen LogP contribution < -0.4 is 14.4 Å². The van der Waals surface area contributed by atoms with Gasteiger partial charge < -0.3 is 24.2 Å². The molecule has 9 heteroatoms. The maximum Gasteiger partial charge on any atom is 0.411 e. The Balaban J connectivity index is 1.57. The summed E-state index contributed by atoms with van der Waals surface area (Å²) in [6.45, 7) is 5.14. The van der Waals surface area contributed by atoms with Crippen LogP contribution in [0.15, 0.2) is 78.9 Å². The molecule has 1 atom stereocenters. The van der Waals surface area contributed by atoms with Crippen LogP contribution in [0, 0.1) is 0 Å². The molecule has 4 rings (SSSR count). The molecule has 1 aliphatic heterocycles. The number of carboxylic acid groups (broad SMARTS) is 1. The van der Waals surface area contributed by atoms with Gasteiger partial charge in [-0.3, -0.25) is 14.5 Å². The average molecular weight is 533 g/mol. The van der Waals surface area contributed by atoms with Crippen molar-refractivity contribution in [2.45, 2.75) is 45.4 Å². The number of rotatable bonds is 8. The minimum Gasteiger partial charge on any atom is -0.485 e. The van der Waals surface area contributed by atoms with Gasteiger partial charge in [0.25, 0.3) is 0 Å². The quantitative estimate of drug-likeness (QED) is 0.409. The van der Waals surface area contributed by atoms with Gasteiger partial charge in [0.05, 0.1) is 18.2 Å². The first-order chi connectivity index (χ1) is 18.6. The fourth-order valence-corrected chi connectivity index (χ4v) is 4.19. The van der Waals surface area contributed by atoms with Crippen molar-refractivity contribution in [1.82, 2.24) is 4.90 Å². The average Bonchev–Trinajstić information content (AvgIpc) is 2.89. The molecule has 1 heterocycles. The lowest BCUT2D eigenvalue weighted by molar-refractivity contribution is -0.139. The Morgan fingerprint density at radius 2 is 1.51 bits per heavy atom. The molecule has 3 aromatic rings. The molecule has 0 radical (unpaired) electrons. The standard InChI is InChI=1S/C30H32N2O7/c1-30(2,3)39-29(36)31-19-27(33)32(18-22(31)17-28(34)35)23-13-7-8-14-24(23)38-26-16-10-9-15-25(26)37-20-21-11-5-4-6-12-21/h4-16,22H,17-20H2,1-3H3,(H,34,35)/t22-/m1/s1. The Hall–Kier alpha value is -4.53. The Kier molecular flexibility index (Phi) is 8.39. The summed E-state index contributed by atoms with van der Waals surface area (Å²) < 4.78 is 17.7. The lowest BCUT2D eigenvalue weighted by Gasteiger charge is -2.41. The van der Waals surface area contributed by atoms with Gasteiger partial charge in [-0.25, -0.2) is 4.79 Å². The number of piperazine rings is 1. The van der Waals surface area contributed by atoms with Gasteiger partial charge in [0.2, 0.25) is 5.91 Å². The van der Waals surface area contributed by atoms with Crippen LogP contribution in [-0.2, 0) is 20.9 Å². The van der Waals surface area contributed by atoms with Crippen LogP contribution in [-0.4, -0.2) is 52.7 Å². The largest absolute Gasteiger partial charge is 0.485 e. The Labute approximate surface area is 227 Å². The topological polar surface area (TPSA) is 106 Å². The molecule has 2 amide bonds. The first-order valence-electron chi connectivity index (χ1n) is 12.6. The van der Waals surface area contributed by atoms with E-state index >= 15 is 0 Å². The van der Waals surface area contributed by atoms with E-state index in [1.54, 1.807) is 57.2 Å². The van der Waals surface area contributed by atoms with E-state index in [-0.39, 0.29) is 25.4 Å². The minimum absolute atomic E-state index is 0.0308. The normalized spacial score (nSPS) is 15.6. The predicted octanol–water partition coefficient (Wildman–Crippen LogP) is 5.48. The molecule has 0 spiro atoms. The molecular weight excluding hydrogens is 500 g/mol.